The number of carbonyl (C=O) groups excluding carboxylic acids is 4. The molecule has 3 aromatic rings. The summed E-state index contributed by atoms with van der Waals surface area (Å²) in [6.45, 7) is 18.5. The molecular formula is C31H44N6O7S2. The first kappa shape index (κ1) is 36.6. The molecule has 0 unspecified atom stereocenters. The average molecular weight is 677 g/mol. The molecule has 0 bridgehead atoms. The minimum absolute atomic E-state index is 0.00402. The number of esters is 1. The van der Waals surface area contributed by atoms with Gasteiger partial charge in [-0.1, -0.05) is 41.5 Å². The Morgan fingerprint density at radius 2 is 1.22 bits per heavy atom. The predicted molar refractivity (Wildman–Crippen MR) is 174 cm³/mol. The van der Waals surface area contributed by atoms with Crippen LogP contribution in [0.3, 0.4) is 0 Å². The van der Waals surface area contributed by atoms with E-state index in [0.29, 0.717) is 15.8 Å². The number of methoxy groups -OCH3 is 1. The Labute approximate surface area is 277 Å². The minimum Gasteiger partial charge on any atom is -0.464 e. The second-order valence-corrected chi connectivity index (χ2v) is 14.6. The fraction of sp³-hybridized carbons (Fsp3) is 0.581. The molecule has 0 radical (unpaired) electrons. The molecule has 0 fully saturated rings. The van der Waals surface area contributed by atoms with Crippen LogP contribution in [0, 0.1) is 24.7 Å². The molecule has 3 N–H and O–H groups in total. The Morgan fingerprint density at radius 3 is 1.65 bits per heavy atom. The monoisotopic (exact) mass is 676 g/mol. The summed E-state index contributed by atoms with van der Waals surface area (Å²) >= 11 is 2.53. The van der Waals surface area contributed by atoms with Crippen molar-refractivity contribution in [3.63, 3.8) is 0 Å². The molecule has 0 saturated carbocycles. The Kier molecular flexibility index (Phi) is 12.1. The van der Waals surface area contributed by atoms with Gasteiger partial charge in [-0.3, -0.25) is 9.59 Å². The molecule has 0 saturated heterocycles. The van der Waals surface area contributed by atoms with E-state index < -0.39 is 47.6 Å². The quantitative estimate of drug-likeness (QED) is 0.189. The third kappa shape index (κ3) is 9.34. The van der Waals surface area contributed by atoms with Gasteiger partial charge in [0.25, 0.3) is 11.8 Å². The molecule has 3 heterocycles. The molecule has 3 rings (SSSR count). The number of oxazole rings is 1. The zero-order valence-electron chi connectivity index (χ0n) is 28.1. The van der Waals surface area contributed by atoms with Gasteiger partial charge in [-0.2, -0.15) is 0 Å². The third-order valence-electron chi connectivity index (χ3n) is 6.74. The summed E-state index contributed by atoms with van der Waals surface area (Å²) in [5.41, 5.74) is -0.214. The van der Waals surface area contributed by atoms with Crippen LogP contribution in [-0.4, -0.2) is 51.5 Å². The van der Waals surface area contributed by atoms with Crippen molar-refractivity contribution in [3.8, 4) is 0 Å². The summed E-state index contributed by atoms with van der Waals surface area (Å²) in [6, 6.07) is -1.57. The van der Waals surface area contributed by atoms with E-state index in [9.17, 15) is 19.2 Å². The van der Waals surface area contributed by atoms with Gasteiger partial charge >= 0.3 is 12.1 Å². The first-order valence-electron chi connectivity index (χ1n) is 15.0. The molecule has 3 atom stereocenters. The van der Waals surface area contributed by atoms with Crippen molar-refractivity contribution in [2.24, 2.45) is 17.8 Å². The predicted octanol–water partition coefficient (Wildman–Crippen LogP) is 6.16. The number of ether oxygens (including phenoxy) is 2. The van der Waals surface area contributed by atoms with Crippen LogP contribution in [-0.2, 0) is 9.47 Å². The number of amides is 3. The number of alkyl carbamates (subject to hydrolysis) is 1. The van der Waals surface area contributed by atoms with Crippen LogP contribution in [0.2, 0.25) is 0 Å². The van der Waals surface area contributed by atoms with Crippen molar-refractivity contribution in [1.82, 2.24) is 30.9 Å². The summed E-state index contributed by atoms with van der Waals surface area (Å²) in [6.07, 6.45) is -0.558. The summed E-state index contributed by atoms with van der Waals surface area (Å²) in [7, 11) is 1.26. The molecule has 0 spiro atoms. The molecule has 0 aromatic carbocycles. The first-order chi connectivity index (χ1) is 21.4. The Bertz CT molecular complexity index is 1540. The summed E-state index contributed by atoms with van der Waals surface area (Å²) in [4.78, 5) is 64.4. The summed E-state index contributed by atoms with van der Waals surface area (Å²) in [5.74, 6) is -1.18. The molecule has 13 nitrogen and oxygen atoms in total. The van der Waals surface area contributed by atoms with Crippen LogP contribution in [0.15, 0.2) is 15.2 Å². The van der Waals surface area contributed by atoms with Crippen molar-refractivity contribution in [1.29, 1.82) is 0 Å². The Hall–Kier alpha value is -3.85. The van der Waals surface area contributed by atoms with Gasteiger partial charge in [0.1, 0.15) is 38.8 Å². The number of aryl methyl sites for hydroxylation is 1. The van der Waals surface area contributed by atoms with Gasteiger partial charge in [0.05, 0.1) is 19.2 Å². The number of nitrogens with one attached hydrogen (secondary N) is 3. The molecule has 15 heteroatoms. The fourth-order valence-electron chi connectivity index (χ4n) is 4.31. The van der Waals surface area contributed by atoms with Gasteiger partial charge in [-0.05, 0) is 45.4 Å². The SMILES string of the molecule is COC(=O)c1nc([C@@H](NC(=O)c2csc([C@@H](NC(=O)c3csc([C@@H](NC(=O)OC(C)(C)C)C(C)C)n3)C(C)C)n2)C(C)C)oc1C. The number of hydrogen-bond acceptors (Lipinski definition) is 12. The number of carbonyl (C=O) groups is 4. The fourth-order valence-corrected chi connectivity index (χ4v) is 6.35. The molecule has 0 aliphatic heterocycles. The van der Waals surface area contributed by atoms with Crippen LogP contribution in [0.1, 0.15) is 134 Å². The van der Waals surface area contributed by atoms with Crippen LogP contribution in [0.5, 0.6) is 0 Å². The third-order valence-corrected chi connectivity index (χ3v) is 8.60. The number of nitrogens with zero attached hydrogens (tertiary/aromatic N) is 3. The maximum absolute atomic E-state index is 13.3. The van der Waals surface area contributed by atoms with E-state index in [2.05, 4.69) is 30.9 Å². The number of thiazole rings is 2. The summed E-state index contributed by atoms with van der Waals surface area (Å²) in [5, 5.41) is 13.2. The molecule has 46 heavy (non-hydrogen) atoms. The highest BCUT2D eigenvalue weighted by Gasteiger charge is 2.30. The lowest BCUT2D eigenvalue weighted by molar-refractivity contribution is 0.0488. The van der Waals surface area contributed by atoms with Crippen LogP contribution >= 0.6 is 22.7 Å². The highest BCUT2D eigenvalue weighted by atomic mass is 32.1. The molecule has 0 aliphatic carbocycles. The van der Waals surface area contributed by atoms with E-state index in [1.54, 1.807) is 38.5 Å². The van der Waals surface area contributed by atoms with Gasteiger partial charge in [0, 0.05) is 10.8 Å². The maximum atomic E-state index is 13.3. The number of hydrogen-bond donors (Lipinski definition) is 3. The second-order valence-electron chi connectivity index (χ2n) is 12.8. The standard InChI is InChI=1S/C31H44N6O7S2/c1-14(2)20(26-36-23(17(7)43-26)29(40)42-11)34-24(38)18-12-45-27(32-18)21(15(3)4)35-25(39)19-13-46-28(33-19)22(16(5)6)37-30(41)44-31(8,9)10/h12-16,20-22H,1-11H3,(H,34,38)(H,35,39)(H,37,41)/t20-,21-,22-/m0/s1. The Balaban J connectivity index is 1.74. The summed E-state index contributed by atoms with van der Waals surface area (Å²) < 4.78 is 15.9. The van der Waals surface area contributed by atoms with E-state index in [-0.39, 0.29) is 40.7 Å². The van der Waals surface area contributed by atoms with Crippen LogP contribution < -0.4 is 16.0 Å². The highest BCUT2D eigenvalue weighted by Crippen LogP contribution is 2.29. The molecule has 3 aromatic heterocycles. The van der Waals surface area contributed by atoms with E-state index in [1.807, 2.05) is 41.5 Å². The lowest BCUT2D eigenvalue weighted by Gasteiger charge is -2.24. The van der Waals surface area contributed by atoms with Crippen LogP contribution in [0.4, 0.5) is 4.79 Å². The highest BCUT2D eigenvalue weighted by molar-refractivity contribution is 7.10. The van der Waals surface area contributed by atoms with Gasteiger partial charge < -0.3 is 29.8 Å². The number of rotatable bonds is 12. The van der Waals surface area contributed by atoms with Gasteiger partial charge in [-0.15, -0.1) is 22.7 Å². The smallest absolute Gasteiger partial charge is 0.408 e. The molecule has 3 amide bonds. The van der Waals surface area contributed by atoms with Gasteiger partial charge in [0.15, 0.2) is 5.69 Å². The number of aromatic nitrogens is 3. The minimum atomic E-state index is -0.649. The van der Waals surface area contributed by atoms with Crippen molar-refractivity contribution >= 4 is 46.6 Å². The Morgan fingerprint density at radius 1 is 0.761 bits per heavy atom. The average Bonchev–Trinajstić information content (AvgIpc) is 3.71. The van der Waals surface area contributed by atoms with Gasteiger partial charge in [-0.25, -0.2) is 24.5 Å². The van der Waals surface area contributed by atoms with E-state index in [1.165, 1.54) is 29.8 Å². The zero-order chi connectivity index (χ0) is 34.5. The maximum Gasteiger partial charge on any atom is 0.408 e. The van der Waals surface area contributed by atoms with Gasteiger partial charge in [0.2, 0.25) is 5.89 Å². The second kappa shape index (κ2) is 15.2. The van der Waals surface area contributed by atoms with Crippen LogP contribution in [0.25, 0.3) is 0 Å². The van der Waals surface area contributed by atoms with Crippen molar-refractivity contribution in [3.05, 3.63) is 49.5 Å². The normalized spacial score (nSPS) is 13.8. The first-order valence-corrected chi connectivity index (χ1v) is 16.7. The largest absolute Gasteiger partial charge is 0.464 e. The molecule has 252 valence electrons. The lowest BCUT2D eigenvalue weighted by atomic mass is 10.0. The zero-order valence-corrected chi connectivity index (χ0v) is 29.8. The van der Waals surface area contributed by atoms with E-state index in [0.717, 1.165) is 0 Å². The van der Waals surface area contributed by atoms with E-state index >= 15 is 0 Å². The van der Waals surface area contributed by atoms with Crippen molar-refractivity contribution in [2.75, 3.05) is 7.11 Å². The lowest BCUT2D eigenvalue weighted by Crippen LogP contribution is -2.37. The van der Waals surface area contributed by atoms with Crippen molar-refractivity contribution in [2.45, 2.75) is 93.0 Å². The van der Waals surface area contributed by atoms with Crippen molar-refractivity contribution < 1.29 is 33.1 Å². The topological polar surface area (TPSA) is 175 Å². The molecule has 0 aliphatic rings. The molecular weight excluding hydrogens is 633 g/mol. The van der Waals surface area contributed by atoms with E-state index in [4.69, 9.17) is 13.9 Å².